The molecule has 3 aromatic carbocycles. The van der Waals surface area contributed by atoms with E-state index in [1.165, 1.54) is 0 Å². The first-order valence-electron chi connectivity index (χ1n) is 7.13. The van der Waals surface area contributed by atoms with Gasteiger partial charge in [-0.25, -0.2) is 0 Å². The molecule has 1 aliphatic carbocycles. The van der Waals surface area contributed by atoms with Crippen LogP contribution < -0.4 is 0 Å². The van der Waals surface area contributed by atoms with Gasteiger partial charge in [-0.15, -0.1) is 0 Å². The number of hydrogen-bond donors (Lipinski definition) is 0. The lowest BCUT2D eigenvalue weighted by molar-refractivity contribution is 0.0990. The number of carbonyl (C=O) groups is 2. The van der Waals surface area contributed by atoms with Crippen LogP contribution in [0.1, 0.15) is 26.3 Å². The molecule has 0 unspecified atom stereocenters. The van der Waals surface area contributed by atoms with Gasteiger partial charge < -0.3 is 0 Å². The van der Waals surface area contributed by atoms with Crippen LogP contribution in [0.25, 0.3) is 16.8 Å². The summed E-state index contributed by atoms with van der Waals surface area (Å²) >= 11 is 0. The van der Waals surface area contributed by atoms with E-state index in [0.29, 0.717) is 11.1 Å². The molecule has 0 aromatic heterocycles. The second-order valence-corrected chi connectivity index (χ2v) is 5.37. The molecule has 0 N–H and O–H groups in total. The van der Waals surface area contributed by atoms with Gasteiger partial charge in [-0.2, -0.15) is 0 Å². The molecule has 22 heavy (non-hydrogen) atoms. The Morgan fingerprint density at radius 2 is 1.23 bits per heavy atom. The van der Waals surface area contributed by atoms with Crippen molar-refractivity contribution in [2.24, 2.45) is 0 Å². The van der Waals surface area contributed by atoms with Crippen molar-refractivity contribution in [3.63, 3.8) is 0 Å². The minimum absolute atomic E-state index is 0.186. The maximum absolute atomic E-state index is 12.4. The lowest BCUT2D eigenvalue weighted by atomic mass is 10.0. The van der Waals surface area contributed by atoms with Gasteiger partial charge in [0.25, 0.3) is 0 Å². The van der Waals surface area contributed by atoms with E-state index in [2.05, 4.69) is 0 Å². The molecule has 0 radical (unpaired) electrons. The number of rotatable bonds is 1. The summed E-state index contributed by atoms with van der Waals surface area (Å²) in [6.45, 7) is 0. The minimum Gasteiger partial charge on any atom is -0.288 e. The van der Waals surface area contributed by atoms with Crippen LogP contribution in [0, 0.1) is 0 Å². The normalized spacial score (nSPS) is 13.5. The largest absolute Gasteiger partial charge is 0.288 e. The molecule has 0 spiro atoms. The molecule has 0 saturated carbocycles. The zero-order valence-corrected chi connectivity index (χ0v) is 11.7. The first-order chi connectivity index (χ1) is 10.7. The monoisotopic (exact) mass is 284 g/mol. The molecular weight excluding hydrogens is 272 g/mol. The van der Waals surface area contributed by atoms with Gasteiger partial charge in [-0.1, -0.05) is 60.7 Å². The zero-order chi connectivity index (χ0) is 15.1. The average Bonchev–Trinajstić information content (AvgIpc) is 2.80. The fourth-order valence-electron chi connectivity index (χ4n) is 2.87. The number of benzene rings is 3. The molecule has 0 amide bonds. The Kier molecular flexibility index (Phi) is 2.76. The van der Waals surface area contributed by atoms with Gasteiger partial charge in [-0.05, 0) is 28.5 Å². The van der Waals surface area contributed by atoms with Crippen molar-refractivity contribution < 1.29 is 9.59 Å². The predicted octanol–water partition coefficient (Wildman–Crippen LogP) is 4.30. The second-order valence-electron chi connectivity index (χ2n) is 5.37. The lowest BCUT2D eigenvalue weighted by Gasteiger charge is -2.00. The molecule has 2 heteroatoms. The van der Waals surface area contributed by atoms with Crippen molar-refractivity contribution in [1.82, 2.24) is 0 Å². The zero-order valence-electron chi connectivity index (χ0n) is 11.7. The Balaban J connectivity index is 1.82. The van der Waals surface area contributed by atoms with Crippen LogP contribution in [0.3, 0.4) is 0 Å². The Hall–Kier alpha value is -3.00. The highest BCUT2D eigenvalue weighted by atomic mass is 16.2. The summed E-state index contributed by atoms with van der Waals surface area (Å²) in [6.07, 6.45) is 1.69. The third kappa shape index (κ3) is 1.89. The molecule has 104 valence electrons. The van der Waals surface area contributed by atoms with Gasteiger partial charge in [0, 0.05) is 11.1 Å². The molecule has 0 aliphatic heterocycles. The summed E-state index contributed by atoms with van der Waals surface area (Å²) in [4.78, 5) is 24.8. The maximum atomic E-state index is 12.4. The van der Waals surface area contributed by atoms with E-state index < -0.39 is 0 Å². The number of allylic oxidation sites excluding steroid dienone is 1. The second kappa shape index (κ2) is 4.78. The summed E-state index contributed by atoms with van der Waals surface area (Å²) in [5, 5.41) is 2.23. The minimum atomic E-state index is -0.186. The smallest absolute Gasteiger partial charge is 0.197 e. The first-order valence-corrected chi connectivity index (χ1v) is 7.13. The fraction of sp³-hybridized carbons (Fsp3) is 0. The van der Waals surface area contributed by atoms with Gasteiger partial charge in [0.2, 0.25) is 0 Å². The van der Waals surface area contributed by atoms with E-state index in [1.807, 2.05) is 42.5 Å². The summed E-state index contributed by atoms with van der Waals surface area (Å²) < 4.78 is 0. The van der Waals surface area contributed by atoms with E-state index in [1.54, 1.807) is 30.3 Å². The maximum Gasteiger partial charge on any atom is 0.197 e. The van der Waals surface area contributed by atoms with E-state index in [9.17, 15) is 9.59 Å². The van der Waals surface area contributed by atoms with E-state index in [4.69, 9.17) is 0 Å². The molecule has 1 aliphatic rings. The molecule has 0 heterocycles. The third-order valence-electron chi connectivity index (χ3n) is 3.99. The molecule has 0 bridgehead atoms. The van der Waals surface area contributed by atoms with Crippen LogP contribution in [0.15, 0.2) is 72.3 Å². The summed E-state index contributed by atoms with van der Waals surface area (Å²) in [6, 6.07) is 20.9. The van der Waals surface area contributed by atoms with E-state index >= 15 is 0 Å². The van der Waals surface area contributed by atoms with Gasteiger partial charge in [-0.3, -0.25) is 9.59 Å². The molecule has 0 fully saturated rings. The Morgan fingerprint density at radius 3 is 1.91 bits per heavy atom. The number of fused-ring (bicyclic) bond motifs is 2. The van der Waals surface area contributed by atoms with Crippen LogP contribution in [0.4, 0.5) is 0 Å². The number of hydrogen-bond acceptors (Lipinski definition) is 2. The third-order valence-corrected chi connectivity index (χ3v) is 3.99. The van der Waals surface area contributed by atoms with Crippen molar-refractivity contribution in [2.75, 3.05) is 0 Å². The van der Waals surface area contributed by atoms with Gasteiger partial charge in [0.05, 0.1) is 5.57 Å². The van der Waals surface area contributed by atoms with Gasteiger partial charge in [0.15, 0.2) is 11.6 Å². The van der Waals surface area contributed by atoms with Gasteiger partial charge >= 0.3 is 0 Å². The number of carbonyl (C=O) groups excluding carboxylic acids is 2. The molecule has 0 atom stereocenters. The van der Waals surface area contributed by atoms with Gasteiger partial charge in [0.1, 0.15) is 0 Å². The summed E-state index contributed by atoms with van der Waals surface area (Å²) in [7, 11) is 0. The number of Topliss-reactive ketones (excluding diaryl/α,β-unsaturated/α-hetero) is 2. The quantitative estimate of drug-likeness (QED) is 0.493. The summed E-state index contributed by atoms with van der Waals surface area (Å²) in [5.41, 5.74) is 2.11. The van der Waals surface area contributed by atoms with Crippen molar-refractivity contribution in [3.05, 3.63) is 89.0 Å². The average molecular weight is 284 g/mol. The van der Waals surface area contributed by atoms with Crippen molar-refractivity contribution in [2.45, 2.75) is 0 Å². The SMILES string of the molecule is O=C1C(=Cc2ccc3ccccc3c2)C(=O)c2ccccc21. The molecule has 2 nitrogen and oxygen atoms in total. The highest BCUT2D eigenvalue weighted by molar-refractivity contribution is 6.41. The highest BCUT2D eigenvalue weighted by Crippen LogP contribution is 2.28. The molecule has 4 rings (SSSR count). The van der Waals surface area contributed by atoms with E-state index in [0.717, 1.165) is 16.3 Å². The van der Waals surface area contributed by atoms with Crippen molar-refractivity contribution >= 4 is 28.4 Å². The van der Waals surface area contributed by atoms with Crippen molar-refractivity contribution in [1.29, 1.82) is 0 Å². The standard InChI is InChI=1S/C20H12O2/c21-19-16-7-3-4-8-17(16)20(22)18(19)12-13-9-10-14-5-1-2-6-15(14)11-13/h1-12H. The fourth-order valence-corrected chi connectivity index (χ4v) is 2.87. The van der Waals surface area contributed by atoms with Crippen LogP contribution in [-0.2, 0) is 0 Å². The van der Waals surface area contributed by atoms with Crippen LogP contribution in [0.5, 0.6) is 0 Å². The lowest BCUT2D eigenvalue weighted by Crippen LogP contribution is -2.00. The molecule has 0 saturated heterocycles. The first kappa shape index (κ1) is 12.7. The Morgan fingerprint density at radius 1 is 0.636 bits per heavy atom. The predicted molar refractivity (Wildman–Crippen MR) is 87.0 cm³/mol. The van der Waals surface area contributed by atoms with Crippen molar-refractivity contribution in [3.8, 4) is 0 Å². The molecular formula is C20H12O2. The Labute approximate surface area is 127 Å². The number of ketones is 2. The van der Waals surface area contributed by atoms with E-state index in [-0.39, 0.29) is 17.1 Å². The Bertz CT molecular complexity index is 927. The topological polar surface area (TPSA) is 34.1 Å². The highest BCUT2D eigenvalue weighted by Gasteiger charge is 2.32. The molecule has 3 aromatic rings. The van der Waals surface area contributed by atoms with Crippen LogP contribution >= 0.6 is 0 Å². The van der Waals surface area contributed by atoms with Crippen LogP contribution in [-0.4, -0.2) is 11.6 Å². The van der Waals surface area contributed by atoms with Crippen LogP contribution in [0.2, 0.25) is 0 Å². The summed E-state index contributed by atoms with van der Waals surface area (Å²) in [5.74, 6) is -0.373.